The van der Waals surface area contributed by atoms with E-state index in [1.165, 1.54) is 12.8 Å². The van der Waals surface area contributed by atoms with Crippen molar-refractivity contribution in [3.05, 3.63) is 0 Å². The van der Waals surface area contributed by atoms with Crippen molar-refractivity contribution in [2.24, 2.45) is 5.41 Å². The Kier molecular flexibility index (Phi) is 2.77. The molecule has 1 aliphatic carbocycles. The van der Waals surface area contributed by atoms with Crippen molar-refractivity contribution >= 4 is 5.91 Å². The third kappa shape index (κ3) is 1.97. The van der Waals surface area contributed by atoms with Gasteiger partial charge in [0.15, 0.2) is 0 Å². The first-order chi connectivity index (χ1) is 7.34. The standard InChI is InChI=1S/C13H24N2O/c1-10-14-13(7-5-6-8-13)11(16)15(10)9-12(2,3)4/h10,14H,5-9H2,1-4H3. The van der Waals surface area contributed by atoms with E-state index in [0.29, 0.717) is 5.91 Å². The Morgan fingerprint density at radius 2 is 1.94 bits per heavy atom. The maximum absolute atomic E-state index is 12.5. The molecule has 3 heteroatoms. The number of hydrogen-bond acceptors (Lipinski definition) is 2. The number of carbonyl (C=O) groups is 1. The zero-order valence-electron chi connectivity index (χ0n) is 11.0. The molecule has 2 fully saturated rings. The van der Waals surface area contributed by atoms with Gasteiger partial charge >= 0.3 is 0 Å². The van der Waals surface area contributed by atoms with E-state index < -0.39 is 0 Å². The van der Waals surface area contributed by atoms with Gasteiger partial charge in [-0.3, -0.25) is 10.1 Å². The summed E-state index contributed by atoms with van der Waals surface area (Å²) in [6.07, 6.45) is 4.63. The molecule has 1 aliphatic heterocycles. The van der Waals surface area contributed by atoms with E-state index in [1.54, 1.807) is 0 Å². The first-order valence-electron chi connectivity index (χ1n) is 6.43. The minimum absolute atomic E-state index is 0.176. The molecular formula is C13H24N2O. The van der Waals surface area contributed by atoms with Crippen LogP contribution in [0, 0.1) is 5.41 Å². The molecule has 1 saturated carbocycles. The van der Waals surface area contributed by atoms with Gasteiger partial charge in [-0.05, 0) is 25.2 Å². The average Bonchev–Trinajstić information content (AvgIpc) is 2.68. The van der Waals surface area contributed by atoms with Gasteiger partial charge in [0.2, 0.25) is 5.91 Å². The summed E-state index contributed by atoms with van der Waals surface area (Å²) in [6, 6.07) is 0. The minimum Gasteiger partial charge on any atom is -0.325 e. The average molecular weight is 224 g/mol. The predicted octanol–water partition coefficient (Wildman–Crippen LogP) is 2.12. The molecule has 1 spiro atoms. The van der Waals surface area contributed by atoms with Gasteiger partial charge in [-0.1, -0.05) is 33.6 Å². The maximum atomic E-state index is 12.5. The van der Waals surface area contributed by atoms with Crippen molar-refractivity contribution in [3.63, 3.8) is 0 Å². The quantitative estimate of drug-likeness (QED) is 0.740. The summed E-state index contributed by atoms with van der Waals surface area (Å²) >= 11 is 0. The van der Waals surface area contributed by atoms with Gasteiger partial charge in [-0.2, -0.15) is 0 Å². The molecule has 0 bridgehead atoms. The lowest BCUT2D eigenvalue weighted by Gasteiger charge is -2.29. The second kappa shape index (κ2) is 3.73. The Morgan fingerprint density at radius 3 is 2.44 bits per heavy atom. The number of nitrogens with zero attached hydrogens (tertiary/aromatic N) is 1. The molecular weight excluding hydrogens is 200 g/mol. The second-order valence-electron chi connectivity index (χ2n) is 6.60. The summed E-state index contributed by atoms with van der Waals surface area (Å²) in [6.45, 7) is 9.52. The van der Waals surface area contributed by atoms with Crippen LogP contribution in [0.3, 0.4) is 0 Å². The first kappa shape index (κ1) is 11.9. The van der Waals surface area contributed by atoms with E-state index in [1.807, 2.05) is 4.90 Å². The van der Waals surface area contributed by atoms with Crippen LogP contribution in [0.25, 0.3) is 0 Å². The van der Waals surface area contributed by atoms with Crippen molar-refractivity contribution in [1.29, 1.82) is 0 Å². The van der Waals surface area contributed by atoms with Crippen LogP contribution in [-0.2, 0) is 4.79 Å². The molecule has 2 aliphatic rings. The van der Waals surface area contributed by atoms with Gasteiger partial charge < -0.3 is 4.90 Å². The fraction of sp³-hybridized carbons (Fsp3) is 0.923. The number of carbonyl (C=O) groups excluding carboxylic acids is 1. The molecule has 0 aromatic carbocycles. The molecule has 1 atom stereocenters. The van der Waals surface area contributed by atoms with Crippen LogP contribution in [0.1, 0.15) is 53.4 Å². The Hall–Kier alpha value is -0.570. The van der Waals surface area contributed by atoms with Crippen LogP contribution in [0.2, 0.25) is 0 Å². The van der Waals surface area contributed by atoms with Gasteiger partial charge in [-0.15, -0.1) is 0 Å². The van der Waals surface area contributed by atoms with Crippen LogP contribution in [0.5, 0.6) is 0 Å². The van der Waals surface area contributed by atoms with Crippen molar-refractivity contribution in [1.82, 2.24) is 10.2 Å². The van der Waals surface area contributed by atoms with Gasteiger partial charge in [0.1, 0.15) is 0 Å². The lowest BCUT2D eigenvalue weighted by Crippen LogP contribution is -2.44. The second-order valence-corrected chi connectivity index (χ2v) is 6.60. The van der Waals surface area contributed by atoms with E-state index in [2.05, 4.69) is 33.0 Å². The zero-order valence-corrected chi connectivity index (χ0v) is 11.0. The lowest BCUT2D eigenvalue weighted by atomic mass is 9.94. The topological polar surface area (TPSA) is 32.3 Å². The van der Waals surface area contributed by atoms with Gasteiger partial charge in [0.25, 0.3) is 0 Å². The van der Waals surface area contributed by atoms with Crippen LogP contribution in [0.4, 0.5) is 0 Å². The number of amides is 1. The third-order valence-electron chi connectivity index (χ3n) is 3.72. The van der Waals surface area contributed by atoms with Crippen molar-refractivity contribution in [3.8, 4) is 0 Å². The molecule has 2 rings (SSSR count). The van der Waals surface area contributed by atoms with Crippen molar-refractivity contribution in [2.75, 3.05) is 6.54 Å². The fourth-order valence-electron chi connectivity index (χ4n) is 3.05. The van der Waals surface area contributed by atoms with Crippen LogP contribution < -0.4 is 5.32 Å². The number of rotatable bonds is 1. The summed E-state index contributed by atoms with van der Waals surface area (Å²) in [4.78, 5) is 14.5. The smallest absolute Gasteiger partial charge is 0.244 e. The molecule has 0 radical (unpaired) electrons. The molecule has 3 nitrogen and oxygen atoms in total. The fourth-order valence-corrected chi connectivity index (χ4v) is 3.05. The molecule has 1 heterocycles. The van der Waals surface area contributed by atoms with E-state index in [0.717, 1.165) is 19.4 Å². The van der Waals surface area contributed by atoms with Gasteiger partial charge in [0, 0.05) is 6.54 Å². The van der Waals surface area contributed by atoms with Crippen molar-refractivity contribution in [2.45, 2.75) is 65.1 Å². The molecule has 1 N–H and O–H groups in total. The SMILES string of the molecule is CC1NC2(CCCC2)C(=O)N1CC(C)(C)C. The van der Waals surface area contributed by atoms with E-state index in [9.17, 15) is 4.79 Å². The molecule has 1 amide bonds. The van der Waals surface area contributed by atoms with Crippen LogP contribution in [0.15, 0.2) is 0 Å². The van der Waals surface area contributed by atoms with E-state index in [4.69, 9.17) is 0 Å². The first-order valence-corrected chi connectivity index (χ1v) is 6.43. The summed E-state index contributed by atoms with van der Waals surface area (Å²) in [5.74, 6) is 0.340. The Bertz CT molecular complexity index is 287. The van der Waals surface area contributed by atoms with Crippen LogP contribution in [-0.4, -0.2) is 29.1 Å². The monoisotopic (exact) mass is 224 g/mol. The minimum atomic E-state index is -0.204. The highest BCUT2D eigenvalue weighted by Crippen LogP contribution is 2.37. The highest BCUT2D eigenvalue weighted by Gasteiger charge is 2.51. The predicted molar refractivity (Wildman–Crippen MR) is 65.0 cm³/mol. The number of nitrogens with one attached hydrogen (secondary N) is 1. The zero-order chi connectivity index (χ0) is 12.0. The summed E-state index contributed by atoms with van der Waals surface area (Å²) in [5, 5.41) is 3.53. The molecule has 0 aromatic rings. The molecule has 92 valence electrons. The normalized spacial score (nSPS) is 29.4. The summed E-state index contributed by atoms with van der Waals surface area (Å²) in [7, 11) is 0. The van der Waals surface area contributed by atoms with Gasteiger partial charge in [-0.25, -0.2) is 0 Å². The molecule has 1 saturated heterocycles. The van der Waals surface area contributed by atoms with E-state index in [-0.39, 0.29) is 17.1 Å². The largest absolute Gasteiger partial charge is 0.325 e. The maximum Gasteiger partial charge on any atom is 0.244 e. The van der Waals surface area contributed by atoms with Crippen molar-refractivity contribution < 1.29 is 4.79 Å². The Morgan fingerprint density at radius 1 is 1.38 bits per heavy atom. The molecule has 0 aromatic heterocycles. The Labute approximate surface area is 98.6 Å². The lowest BCUT2D eigenvalue weighted by molar-refractivity contribution is -0.134. The highest BCUT2D eigenvalue weighted by molar-refractivity contribution is 5.89. The third-order valence-corrected chi connectivity index (χ3v) is 3.72. The summed E-state index contributed by atoms with van der Waals surface area (Å²) in [5.41, 5.74) is -0.0274. The van der Waals surface area contributed by atoms with E-state index >= 15 is 0 Å². The van der Waals surface area contributed by atoms with Gasteiger partial charge in [0.05, 0.1) is 11.7 Å². The number of hydrogen-bond donors (Lipinski definition) is 1. The van der Waals surface area contributed by atoms with Crippen LogP contribution >= 0.6 is 0 Å². The molecule has 16 heavy (non-hydrogen) atoms. The summed E-state index contributed by atoms with van der Waals surface area (Å²) < 4.78 is 0. The Balaban J connectivity index is 2.13. The highest BCUT2D eigenvalue weighted by atomic mass is 16.2. The molecule has 1 unspecified atom stereocenters.